The van der Waals surface area contributed by atoms with Crippen LogP contribution < -0.4 is 5.73 Å². The standard InChI is InChI=1S/C24H22N4O2S/c1-24(20-10-16(13-31-20)18-5-4-17(25)12-27-18)11-21(26)28(2)23(29)22(24)15-3-6-19-14(9-15)7-8-30-19/h3-10,12-13,22,26H,11,25H2,1-2H3/t22?,24-/m1/s1. The number of likely N-dealkylation sites (tertiary alicyclic amines) is 1. The Morgan fingerprint density at radius 1 is 1.26 bits per heavy atom. The highest BCUT2D eigenvalue weighted by atomic mass is 32.1. The number of nitrogen functional groups attached to an aromatic ring is 1. The van der Waals surface area contributed by atoms with Gasteiger partial charge >= 0.3 is 0 Å². The topological polar surface area (TPSA) is 96.2 Å². The highest BCUT2D eigenvalue weighted by Gasteiger charge is 2.49. The van der Waals surface area contributed by atoms with Crippen LogP contribution in [-0.4, -0.2) is 28.7 Å². The van der Waals surface area contributed by atoms with Crippen molar-refractivity contribution < 1.29 is 9.21 Å². The monoisotopic (exact) mass is 430 g/mol. The fourth-order valence-corrected chi connectivity index (χ4v) is 5.52. The number of hydrogen-bond acceptors (Lipinski definition) is 6. The summed E-state index contributed by atoms with van der Waals surface area (Å²) in [5, 5.41) is 11.5. The number of anilines is 1. The summed E-state index contributed by atoms with van der Waals surface area (Å²) in [4.78, 5) is 20.4. The molecule has 0 aliphatic carbocycles. The van der Waals surface area contributed by atoms with E-state index in [1.54, 1.807) is 30.8 Å². The third-order valence-corrected chi connectivity index (χ3v) is 7.42. The first kappa shape index (κ1) is 19.5. The van der Waals surface area contributed by atoms with Crippen LogP contribution in [0, 0.1) is 5.41 Å². The molecule has 4 heterocycles. The third kappa shape index (κ3) is 3.13. The molecule has 0 saturated carbocycles. The van der Waals surface area contributed by atoms with Gasteiger partial charge in [0.15, 0.2) is 0 Å². The summed E-state index contributed by atoms with van der Waals surface area (Å²) in [5.74, 6) is -0.146. The molecule has 1 fully saturated rings. The Balaban J connectivity index is 1.62. The SMILES string of the molecule is CN1C(=N)C[C@](C)(c2cc(-c3ccc(N)cn3)cs2)C(c2ccc3occc3c2)C1=O. The van der Waals surface area contributed by atoms with Gasteiger partial charge in [0.25, 0.3) is 0 Å². The van der Waals surface area contributed by atoms with Crippen molar-refractivity contribution in [2.45, 2.75) is 24.7 Å². The van der Waals surface area contributed by atoms with Gasteiger partial charge in [-0.15, -0.1) is 11.3 Å². The predicted molar refractivity (Wildman–Crippen MR) is 123 cm³/mol. The molecule has 0 bridgehead atoms. The highest BCUT2D eigenvalue weighted by molar-refractivity contribution is 7.10. The number of thiophene rings is 1. The minimum Gasteiger partial charge on any atom is -0.464 e. The molecule has 3 N–H and O–H groups in total. The lowest BCUT2D eigenvalue weighted by atomic mass is 9.67. The van der Waals surface area contributed by atoms with Crippen LogP contribution in [0.4, 0.5) is 5.69 Å². The Labute approximate surface area is 183 Å². The van der Waals surface area contributed by atoms with Crippen molar-refractivity contribution in [1.29, 1.82) is 5.41 Å². The summed E-state index contributed by atoms with van der Waals surface area (Å²) in [6, 6.07) is 13.6. The quantitative estimate of drug-likeness (QED) is 0.477. The number of likely N-dealkylation sites (N-methyl/N-ethyl adjacent to an activating group) is 1. The lowest BCUT2D eigenvalue weighted by molar-refractivity contribution is -0.131. The molecule has 0 radical (unpaired) electrons. The van der Waals surface area contributed by atoms with Gasteiger partial charge in [-0.2, -0.15) is 0 Å². The van der Waals surface area contributed by atoms with Crippen LogP contribution in [0.15, 0.2) is 64.7 Å². The highest BCUT2D eigenvalue weighted by Crippen LogP contribution is 2.49. The van der Waals surface area contributed by atoms with Crippen molar-refractivity contribution in [3.05, 3.63) is 70.7 Å². The molecule has 1 aliphatic rings. The Bertz CT molecular complexity index is 1310. The zero-order valence-corrected chi connectivity index (χ0v) is 18.1. The average Bonchev–Trinajstić information content (AvgIpc) is 3.42. The lowest BCUT2D eigenvalue weighted by Gasteiger charge is -2.44. The van der Waals surface area contributed by atoms with Crippen LogP contribution >= 0.6 is 11.3 Å². The molecule has 1 unspecified atom stereocenters. The molecular weight excluding hydrogens is 408 g/mol. The van der Waals surface area contributed by atoms with Gasteiger partial charge in [-0.25, -0.2) is 0 Å². The normalized spacial score (nSPS) is 21.7. The number of carbonyl (C=O) groups excluding carboxylic acids is 1. The Morgan fingerprint density at radius 3 is 2.87 bits per heavy atom. The maximum absolute atomic E-state index is 13.5. The zero-order chi connectivity index (χ0) is 21.8. The largest absolute Gasteiger partial charge is 0.464 e. The number of amides is 1. The first-order valence-electron chi connectivity index (χ1n) is 10.00. The summed E-state index contributed by atoms with van der Waals surface area (Å²) < 4.78 is 5.48. The minimum atomic E-state index is -0.547. The van der Waals surface area contributed by atoms with Gasteiger partial charge in [0.05, 0.1) is 29.8 Å². The van der Waals surface area contributed by atoms with Crippen molar-refractivity contribution in [2.75, 3.05) is 12.8 Å². The number of nitrogens with two attached hydrogens (primary N) is 1. The van der Waals surface area contributed by atoms with Crippen molar-refractivity contribution in [1.82, 2.24) is 9.88 Å². The van der Waals surface area contributed by atoms with E-state index in [-0.39, 0.29) is 5.91 Å². The van der Waals surface area contributed by atoms with Crippen molar-refractivity contribution >= 4 is 39.7 Å². The number of furan rings is 1. The number of carbonyl (C=O) groups is 1. The second kappa shape index (κ2) is 7.06. The molecule has 1 aromatic carbocycles. The summed E-state index contributed by atoms with van der Waals surface area (Å²) in [6.07, 6.45) is 3.77. The number of pyridine rings is 1. The van der Waals surface area contributed by atoms with Gasteiger partial charge in [-0.1, -0.05) is 13.0 Å². The molecule has 7 heteroatoms. The molecule has 1 saturated heterocycles. The number of piperidine rings is 1. The second-order valence-electron chi connectivity index (χ2n) is 8.27. The van der Waals surface area contributed by atoms with E-state index in [9.17, 15) is 4.79 Å². The summed E-state index contributed by atoms with van der Waals surface area (Å²) in [6.45, 7) is 2.09. The van der Waals surface area contributed by atoms with Gasteiger partial charge in [-0.3, -0.25) is 15.2 Å². The molecule has 3 aromatic heterocycles. The fourth-order valence-electron chi connectivity index (χ4n) is 4.42. The summed E-state index contributed by atoms with van der Waals surface area (Å²) in [5.41, 5.74) is 9.40. The number of hydrogen-bond donors (Lipinski definition) is 2. The number of nitrogens with one attached hydrogen (secondary N) is 1. The second-order valence-corrected chi connectivity index (χ2v) is 9.18. The molecule has 5 rings (SSSR count). The van der Waals surface area contributed by atoms with Crippen LogP contribution in [0.3, 0.4) is 0 Å². The van der Waals surface area contributed by atoms with Crippen LogP contribution in [0.5, 0.6) is 0 Å². The van der Waals surface area contributed by atoms with Crippen LogP contribution in [-0.2, 0) is 10.2 Å². The fraction of sp³-hybridized carbons (Fsp3) is 0.208. The first-order valence-corrected chi connectivity index (χ1v) is 10.9. The Hall–Kier alpha value is -3.45. The van der Waals surface area contributed by atoms with Crippen LogP contribution in [0.1, 0.15) is 29.7 Å². The number of amidine groups is 1. The van der Waals surface area contributed by atoms with E-state index in [2.05, 4.69) is 23.4 Å². The van der Waals surface area contributed by atoms with Gasteiger partial charge < -0.3 is 15.1 Å². The van der Waals surface area contributed by atoms with E-state index in [0.29, 0.717) is 17.9 Å². The van der Waals surface area contributed by atoms with Gasteiger partial charge in [-0.05, 0) is 42.0 Å². The summed E-state index contributed by atoms with van der Waals surface area (Å²) in [7, 11) is 1.69. The molecule has 4 aromatic rings. The van der Waals surface area contributed by atoms with E-state index in [0.717, 1.165) is 32.7 Å². The number of nitrogens with zero attached hydrogens (tertiary/aromatic N) is 2. The third-order valence-electron chi connectivity index (χ3n) is 6.21. The maximum Gasteiger partial charge on any atom is 0.236 e. The molecular formula is C24H22N4O2S. The number of aromatic nitrogens is 1. The van der Waals surface area contributed by atoms with Gasteiger partial charge in [0.1, 0.15) is 11.4 Å². The lowest BCUT2D eigenvalue weighted by Crippen LogP contribution is -2.51. The predicted octanol–water partition coefficient (Wildman–Crippen LogP) is 5.02. The molecule has 0 spiro atoms. The molecule has 1 amide bonds. The van der Waals surface area contributed by atoms with E-state index in [1.807, 2.05) is 36.4 Å². The Morgan fingerprint density at radius 2 is 2.10 bits per heavy atom. The van der Waals surface area contributed by atoms with E-state index < -0.39 is 11.3 Å². The maximum atomic E-state index is 13.5. The van der Waals surface area contributed by atoms with Crippen LogP contribution in [0.25, 0.3) is 22.2 Å². The van der Waals surface area contributed by atoms with Crippen LogP contribution in [0.2, 0.25) is 0 Å². The van der Waals surface area contributed by atoms with Crippen molar-refractivity contribution in [3.8, 4) is 11.3 Å². The van der Waals surface area contributed by atoms with Gasteiger partial charge in [0.2, 0.25) is 5.91 Å². The minimum absolute atomic E-state index is 0.0674. The zero-order valence-electron chi connectivity index (χ0n) is 17.3. The molecule has 156 valence electrons. The van der Waals surface area contributed by atoms with E-state index >= 15 is 0 Å². The summed E-state index contributed by atoms with van der Waals surface area (Å²) >= 11 is 1.61. The van der Waals surface area contributed by atoms with Crippen molar-refractivity contribution in [3.63, 3.8) is 0 Å². The van der Waals surface area contributed by atoms with E-state index in [4.69, 9.17) is 15.6 Å². The number of fused-ring (bicyclic) bond motifs is 1. The smallest absolute Gasteiger partial charge is 0.236 e. The molecule has 2 atom stereocenters. The van der Waals surface area contributed by atoms with Crippen molar-refractivity contribution in [2.24, 2.45) is 0 Å². The van der Waals surface area contributed by atoms with Gasteiger partial charge in [0, 0.05) is 40.1 Å². The number of benzene rings is 1. The molecule has 6 nitrogen and oxygen atoms in total. The van der Waals surface area contributed by atoms with E-state index in [1.165, 1.54) is 4.90 Å². The average molecular weight is 431 g/mol. The molecule has 31 heavy (non-hydrogen) atoms. The first-order chi connectivity index (χ1) is 14.9. The molecule has 1 aliphatic heterocycles. The Kier molecular flexibility index (Phi) is 4.44. The number of rotatable bonds is 3.